The average molecular weight is 274 g/mol. The highest BCUT2D eigenvalue weighted by Crippen LogP contribution is 2.23. The Morgan fingerprint density at radius 1 is 1.25 bits per heavy atom. The first-order valence-electron chi connectivity index (χ1n) is 8.18. The van der Waals surface area contributed by atoms with Crippen molar-refractivity contribution in [2.24, 2.45) is 5.73 Å². The van der Waals surface area contributed by atoms with Crippen molar-refractivity contribution < 1.29 is 0 Å². The number of benzene rings is 1. The summed E-state index contributed by atoms with van der Waals surface area (Å²) in [5.74, 6) is 0. The Balaban J connectivity index is 2.06. The van der Waals surface area contributed by atoms with Crippen molar-refractivity contribution in [1.29, 1.82) is 0 Å². The van der Waals surface area contributed by atoms with E-state index in [1.54, 1.807) is 0 Å². The molecule has 1 aromatic rings. The van der Waals surface area contributed by atoms with Crippen LogP contribution in [0.2, 0.25) is 0 Å². The van der Waals surface area contributed by atoms with Crippen LogP contribution in [0, 0.1) is 13.8 Å². The molecular weight excluding hydrogens is 244 g/mol. The van der Waals surface area contributed by atoms with Crippen molar-refractivity contribution in [3.63, 3.8) is 0 Å². The summed E-state index contributed by atoms with van der Waals surface area (Å²) in [6, 6.07) is 7.52. The van der Waals surface area contributed by atoms with Gasteiger partial charge in [0.15, 0.2) is 0 Å². The molecule has 2 rings (SSSR count). The van der Waals surface area contributed by atoms with Crippen LogP contribution < -0.4 is 5.73 Å². The van der Waals surface area contributed by atoms with Crippen molar-refractivity contribution in [3.8, 4) is 0 Å². The Morgan fingerprint density at radius 2 is 2.05 bits per heavy atom. The summed E-state index contributed by atoms with van der Waals surface area (Å²) < 4.78 is 0. The Kier molecular flexibility index (Phi) is 5.62. The zero-order valence-electron chi connectivity index (χ0n) is 13.4. The second-order valence-electron chi connectivity index (χ2n) is 6.37. The van der Waals surface area contributed by atoms with Gasteiger partial charge in [-0.15, -0.1) is 0 Å². The summed E-state index contributed by atoms with van der Waals surface area (Å²) >= 11 is 0. The maximum absolute atomic E-state index is 6.50. The van der Waals surface area contributed by atoms with Crippen LogP contribution in [0.5, 0.6) is 0 Å². The van der Waals surface area contributed by atoms with Crippen LogP contribution in [-0.2, 0) is 0 Å². The lowest BCUT2D eigenvalue weighted by molar-refractivity contribution is 0.183. The third kappa shape index (κ3) is 3.83. The molecule has 1 saturated heterocycles. The average Bonchev–Trinajstić information content (AvgIpc) is 2.63. The molecule has 0 radical (unpaired) electrons. The number of aryl methyl sites for hydroxylation is 2. The van der Waals surface area contributed by atoms with E-state index < -0.39 is 0 Å². The Hall–Kier alpha value is -0.860. The van der Waals surface area contributed by atoms with E-state index in [0.29, 0.717) is 0 Å². The van der Waals surface area contributed by atoms with Gasteiger partial charge in [-0.25, -0.2) is 0 Å². The fourth-order valence-corrected chi connectivity index (χ4v) is 3.53. The molecule has 1 aliphatic rings. The standard InChI is InChI=1S/C18H30N2/c1-4-16-8-6-5-7-11-20(16)13-18(19)17-10-9-14(2)12-15(17)3/h9-10,12,16,18H,4-8,11,13,19H2,1-3H3. The molecule has 0 amide bonds. The lowest BCUT2D eigenvalue weighted by atomic mass is 9.98. The van der Waals surface area contributed by atoms with Gasteiger partial charge in [-0.05, 0) is 50.8 Å². The third-order valence-corrected chi connectivity index (χ3v) is 4.73. The van der Waals surface area contributed by atoms with Crippen molar-refractivity contribution in [2.75, 3.05) is 13.1 Å². The zero-order valence-corrected chi connectivity index (χ0v) is 13.4. The first kappa shape index (κ1) is 15.5. The number of nitrogens with zero attached hydrogens (tertiary/aromatic N) is 1. The van der Waals surface area contributed by atoms with Crippen LogP contribution in [0.3, 0.4) is 0 Å². The van der Waals surface area contributed by atoms with Gasteiger partial charge in [0, 0.05) is 18.6 Å². The van der Waals surface area contributed by atoms with Gasteiger partial charge in [0.1, 0.15) is 0 Å². The molecular formula is C18H30N2. The summed E-state index contributed by atoms with van der Waals surface area (Å²) in [5, 5.41) is 0. The number of hydrogen-bond donors (Lipinski definition) is 1. The lowest BCUT2D eigenvalue weighted by Crippen LogP contribution is -2.39. The number of rotatable bonds is 4. The van der Waals surface area contributed by atoms with Crippen molar-refractivity contribution in [2.45, 2.75) is 65.0 Å². The number of likely N-dealkylation sites (tertiary alicyclic amines) is 1. The summed E-state index contributed by atoms with van der Waals surface area (Å²) in [4.78, 5) is 2.64. The van der Waals surface area contributed by atoms with Crippen molar-refractivity contribution in [3.05, 3.63) is 34.9 Å². The normalized spacial score (nSPS) is 22.5. The molecule has 2 heteroatoms. The molecule has 1 fully saturated rings. The van der Waals surface area contributed by atoms with Crippen LogP contribution in [-0.4, -0.2) is 24.0 Å². The SMILES string of the molecule is CCC1CCCCCN1CC(N)c1ccc(C)cc1C. The monoisotopic (exact) mass is 274 g/mol. The van der Waals surface area contributed by atoms with Gasteiger partial charge in [0.25, 0.3) is 0 Å². The smallest absolute Gasteiger partial charge is 0.0427 e. The minimum absolute atomic E-state index is 0.141. The second-order valence-corrected chi connectivity index (χ2v) is 6.37. The highest BCUT2D eigenvalue weighted by molar-refractivity contribution is 5.32. The maximum Gasteiger partial charge on any atom is 0.0427 e. The maximum atomic E-state index is 6.50. The van der Waals surface area contributed by atoms with Gasteiger partial charge in [0.05, 0.1) is 0 Å². The van der Waals surface area contributed by atoms with E-state index in [1.807, 2.05) is 0 Å². The zero-order chi connectivity index (χ0) is 14.5. The molecule has 0 saturated carbocycles. The summed E-state index contributed by atoms with van der Waals surface area (Å²) in [7, 11) is 0. The summed E-state index contributed by atoms with van der Waals surface area (Å²) in [6.45, 7) is 8.86. The topological polar surface area (TPSA) is 29.3 Å². The Morgan fingerprint density at radius 3 is 2.75 bits per heavy atom. The Bertz CT molecular complexity index is 427. The van der Waals surface area contributed by atoms with E-state index in [-0.39, 0.29) is 6.04 Å². The largest absolute Gasteiger partial charge is 0.323 e. The molecule has 2 unspecified atom stereocenters. The molecule has 0 aliphatic carbocycles. The summed E-state index contributed by atoms with van der Waals surface area (Å²) in [5.41, 5.74) is 10.5. The van der Waals surface area contributed by atoms with Gasteiger partial charge in [-0.3, -0.25) is 4.90 Å². The fraction of sp³-hybridized carbons (Fsp3) is 0.667. The van der Waals surface area contributed by atoms with Crippen molar-refractivity contribution in [1.82, 2.24) is 4.90 Å². The minimum atomic E-state index is 0.141. The Labute approximate surface area is 124 Å². The van der Waals surface area contributed by atoms with E-state index in [0.717, 1.165) is 12.6 Å². The van der Waals surface area contributed by atoms with E-state index >= 15 is 0 Å². The van der Waals surface area contributed by atoms with Crippen LogP contribution in [0.1, 0.15) is 61.8 Å². The van der Waals surface area contributed by atoms with E-state index in [1.165, 1.54) is 55.3 Å². The van der Waals surface area contributed by atoms with E-state index in [4.69, 9.17) is 5.73 Å². The van der Waals surface area contributed by atoms with Gasteiger partial charge in [-0.2, -0.15) is 0 Å². The predicted molar refractivity (Wildman–Crippen MR) is 87.0 cm³/mol. The first-order chi connectivity index (χ1) is 9.61. The molecule has 0 bridgehead atoms. The molecule has 112 valence electrons. The minimum Gasteiger partial charge on any atom is -0.323 e. The number of hydrogen-bond acceptors (Lipinski definition) is 2. The molecule has 2 N–H and O–H groups in total. The highest BCUT2D eigenvalue weighted by Gasteiger charge is 2.22. The first-order valence-corrected chi connectivity index (χ1v) is 8.18. The summed E-state index contributed by atoms with van der Waals surface area (Å²) in [6.07, 6.45) is 6.69. The second kappa shape index (κ2) is 7.24. The van der Waals surface area contributed by atoms with Crippen LogP contribution in [0.15, 0.2) is 18.2 Å². The number of nitrogens with two attached hydrogens (primary N) is 1. The lowest BCUT2D eigenvalue weighted by Gasteiger charge is -2.32. The molecule has 1 aromatic carbocycles. The van der Waals surface area contributed by atoms with Gasteiger partial charge < -0.3 is 5.73 Å². The molecule has 2 atom stereocenters. The van der Waals surface area contributed by atoms with Crippen LogP contribution >= 0.6 is 0 Å². The molecule has 0 aromatic heterocycles. The van der Waals surface area contributed by atoms with Crippen LogP contribution in [0.4, 0.5) is 0 Å². The van der Waals surface area contributed by atoms with E-state index in [2.05, 4.69) is 43.9 Å². The van der Waals surface area contributed by atoms with Crippen LogP contribution in [0.25, 0.3) is 0 Å². The predicted octanol–water partition coefficient (Wildman–Crippen LogP) is 3.96. The quantitative estimate of drug-likeness (QED) is 0.900. The molecule has 1 aliphatic heterocycles. The fourth-order valence-electron chi connectivity index (χ4n) is 3.53. The molecule has 2 nitrogen and oxygen atoms in total. The van der Waals surface area contributed by atoms with Gasteiger partial charge in [0.2, 0.25) is 0 Å². The van der Waals surface area contributed by atoms with Crippen molar-refractivity contribution >= 4 is 0 Å². The highest BCUT2D eigenvalue weighted by atomic mass is 15.2. The third-order valence-electron chi connectivity index (χ3n) is 4.73. The van der Waals surface area contributed by atoms with Gasteiger partial charge >= 0.3 is 0 Å². The van der Waals surface area contributed by atoms with Gasteiger partial charge in [-0.1, -0.05) is 43.5 Å². The molecule has 20 heavy (non-hydrogen) atoms. The molecule has 0 spiro atoms. The molecule has 1 heterocycles. The van der Waals surface area contributed by atoms with E-state index in [9.17, 15) is 0 Å².